The Hall–Kier alpha value is -1.61. The number of esters is 1. The zero-order valence-corrected chi connectivity index (χ0v) is 11.6. The second-order valence-corrected chi connectivity index (χ2v) is 4.39. The largest absolute Gasteiger partial charge is 0.465 e. The molecule has 0 fully saturated rings. The highest BCUT2D eigenvalue weighted by molar-refractivity contribution is 9.08. The summed E-state index contributed by atoms with van der Waals surface area (Å²) in [5.41, 5.74) is 3.69. The van der Waals surface area contributed by atoms with Gasteiger partial charge in [-0.1, -0.05) is 58.4 Å². The van der Waals surface area contributed by atoms with E-state index in [0.29, 0.717) is 5.56 Å². The van der Waals surface area contributed by atoms with E-state index in [1.165, 1.54) is 7.11 Å². The van der Waals surface area contributed by atoms with Crippen LogP contribution in [0.1, 0.15) is 15.9 Å². The molecule has 0 saturated heterocycles. The van der Waals surface area contributed by atoms with E-state index in [9.17, 15) is 4.79 Å². The van der Waals surface area contributed by atoms with E-state index in [0.717, 1.165) is 22.0 Å². The molecule has 0 radical (unpaired) electrons. The maximum Gasteiger partial charge on any atom is 0.338 e. The molecule has 2 aromatic carbocycles. The Morgan fingerprint density at radius 3 is 2.33 bits per heavy atom. The van der Waals surface area contributed by atoms with Crippen LogP contribution in [0.4, 0.5) is 0 Å². The molecule has 0 heterocycles. The molecule has 0 aliphatic rings. The third-order valence-electron chi connectivity index (χ3n) is 2.78. The molecule has 2 rings (SSSR count). The Labute approximate surface area is 115 Å². The number of hydrogen-bond acceptors (Lipinski definition) is 2. The SMILES string of the molecule is COC(=O)c1ccccc1-c1ccccc1CBr. The van der Waals surface area contributed by atoms with Gasteiger partial charge in [0.25, 0.3) is 0 Å². The van der Waals surface area contributed by atoms with E-state index >= 15 is 0 Å². The minimum atomic E-state index is -0.310. The fraction of sp³-hybridized carbons (Fsp3) is 0.133. The summed E-state index contributed by atoms with van der Waals surface area (Å²) in [6, 6.07) is 15.5. The lowest BCUT2D eigenvalue weighted by Crippen LogP contribution is -2.03. The van der Waals surface area contributed by atoms with E-state index in [2.05, 4.69) is 15.9 Å². The fourth-order valence-corrected chi connectivity index (χ4v) is 2.39. The summed E-state index contributed by atoms with van der Waals surface area (Å²) in [7, 11) is 1.40. The molecule has 2 aromatic rings. The molecule has 0 unspecified atom stereocenters. The molecule has 0 aliphatic carbocycles. The highest BCUT2D eigenvalue weighted by Crippen LogP contribution is 2.28. The number of carbonyl (C=O) groups is 1. The van der Waals surface area contributed by atoms with Crippen molar-refractivity contribution in [2.24, 2.45) is 0 Å². The van der Waals surface area contributed by atoms with Crippen molar-refractivity contribution in [1.29, 1.82) is 0 Å². The van der Waals surface area contributed by atoms with Crippen LogP contribution in [0.5, 0.6) is 0 Å². The number of halogens is 1. The van der Waals surface area contributed by atoms with E-state index < -0.39 is 0 Å². The topological polar surface area (TPSA) is 26.3 Å². The Bertz CT molecular complexity index is 564. The van der Waals surface area contributed by atoms with Crippen molar-refractivity contribution in [2.45, 2.75) is 5.33 Å². The van der Waals surface area contributed by atoms with Crippen molar-refractivity contribution in [3.8, 4) is 11.1 Å². The first kappa shape index (κ1) is 12.8. The Balaban J connectivity index is 2.60. The monoisotopic (exact) mass is 304 g/mol. The minimum Gasteiger partial charge on any atom is -0.465 e. The van der Waals surface area contributed by atoms with Crippen LogP contribution in [-0.2, 0) is 10.1 Å². The maximum absolute atomic E-state index is 11.8. The van der Waals surface area contributed by atoms with Crippen molar-refractivity contribution >= 4 is 21.9 Å². The second-order valence-electron chi connectivity index (χ2n) is 3.83. The lowest BCUT2D eigenvalue weighted by atomic mass is 9.96. The van der Waals surface area contributed by atoms with E-state index in [4.69, 9.17) is 4.74 Å². The van der Waals surface area contributed by atoms with Crippen molar-refractivity contribution < 1.29 is 9.53 Å². The van der Waals surface area contributed by atoms with Crippen LogP contribution in [0.25, 0.3) is 11.1 Å². The van der Waals surface area contributed by atoms with Gasteiger partial charge in [-0.2, -0.15) is 0 Å². The molecule has 18 heavy (non-hydrogen) atoms. The number of rotatable bonds is 3. The molecule has 0 spiro atoms. The van der Waals surface area contributed by atoms with Crippen molar-refractivity contribution in [3.63, 3.8) is 0 Å². The summed E-state index contributed by atoms with van der Waals surface area (Å²) in [6.45, 7) is 0. The van der Waals surface area contributed by atoms with E-state index in [-0.39, 0.29) is 5.97 Å². The minimum absolute atomic E-state index is 0.310. The van der Waals surface area contributed by atoms with Gasteiger partial charge in [0.1, 0.15) is 0 Å². The zero-order chi connectivity index (χ0) is 13.0. The third-order valence-corrected chi connectivity index (χ3v) is 3.39. The molecule has 0 saturated carbocycles. The molecule has 3 heteroatoms. The standard InChI is InChI=1S/C15H13BrO2/c1-18-15(17)14-9-5-4-8-13(14)12-7-3-2-6-11(12)10-16/h2-9H,10H2,1H3. The Morgan fingerprint density at radius 1 is 1.06 bits per heavy atom. The van der Waals surface area contributed by atoms with Crippen LogP contribution in [-0.4, -0.2) is 13.1 Å². The van der Waals surface area contributed by atoms with Gasteiger partial charge in [0.15, 0.2) is 0 Å². The molecule has 0 bridgehead atoms. The van der Waals surface area contributed by atoms with Gasteiger partial charge in [0.2, 0.25) is 0 Å². The summed E-state index contributed by atoms with van der Waals surface area (Å²) in [6.07, 6.45) is 0. The van der Waals surface area contributed by atoms with Gasteiger partial charge >= 0.3 is 5.97 Å². The number of ether oxygens (including phenoxy) is 1. The van der Waals surface area contributed by atoms with E-state index in [1.807, 2.05) is 42.5 Å². The van der Waals surface area contributed by atoms with Crippen LogP contribution in [0, 0.1) is 0 Å². The molecule has 0 amide bonds. The Morgan fingerprint density at radius 2 is 1.67 bits per heavy atom. The lowest BCUT2D eigenvalue weighted by molar-refractivity contribution is 0.0601. The number of benzene rings is 2. The molecular weight excluding hydrogens is 292 g/mol. The summed E-state index contributed by atoms with van der Waals surface area (Å²) in [5.74, 6) is -0.310. The summed E-state index contributed by atoms with van der Waals surface area (Å²) < 4.78 is 4.82. The van der Waals surface area contributed by atoms with Crippen molar-refractivity contribution in [1.82, 2.24) is 0 Å². The lowest BCUT2D eigenvalue weighted by Gasteiger charge is -2.11. The van der Waals surface area contributed by atoms with Gasteiger partial charge in [0, 0.05) is 5.33 Å². The van der Waals surface area contributed by atoms with Crippen molar-refractivity contribution in [2.75, 3.05) is 7.11 Å². The smallest absolute Gasteiger partial charge is 0.338 e. The molecule has 0 aromatic heterocycles. The second kappa shape index (κ2) is 5.83. The first-order chi connectivity index (χ1) is 8.77. The molecule has 2 nitrogen and oxygen atoms in total. The summed E-state index contributed by atoms with van der Waals surface area (Å²) in [4.78, 5) is 11.8. The molecular formula is C15H13BrO2. The van der Waals surface area contributed by atoms with Crippen LogP contribution in [0.15, 0.2) is 48.5 Å². The quantitative estimate of drug-likeness (QED) is 0.632. The predicted octanol–water partition coefficient (Wildman–Crippen LogP) is 4.04. The zero-order valence-electron chi connectivity index (χ0n) is 10.0. The van der Waals surface area contributed by atoms with Crippen LogP contribution in [0.2, 0.25) is 0 Å². The number of carbonyl (C=O) groups excluding carboxylic acids is 1. The molecule has 92 valence electrons. The number of alkyl halides is 1. The van der Waals surface area contributed by atoms with Crippen LogP contribution in [0.3, 0.4) is 0 Å². The normalized spacial score (nSPS) is 10.1. The molecule has 0 aliphatic heterocycles. The average molecular weight is 305 g/mol. The van der Waals surface area contributed by atoms with Gasteiger partial charge in [-0.05, 0) is 22.8 Å². The number of methoxy groups -OCH3 is 1. The van der Waals surface area contributed by atoms with Gasteiger partial charge in [-0.15, -0.1) is 0 Å². The molecule has 0 atom stereocenters. The molecule has 0 N–H and O–H groups in total. The van der Waals surface area contributed by atoms with Gasteiger partial charge in [-0.3, -0.25) is 0 Å². The van der Waals surface area contributed by atoms with Gasteiger partial charge in [0.05, 0.1) is 12.7 Å². The average Bonchev–Trinajstić information content (AvgIpc) is 2.46. The van der Waals surface area contributed by atoms with Crippen LogP contribution >= 0.6 is 15.9 Å². The third kappa shape index (κ3) is 2.46. The van der Waals surface area contributed by atoms with E-state index in [1.54, 1.807) is 6.07 Å². The maximum atomic E-state index is 11.8. The van der Waals surface area contributed by atoms with Gasteiger partial charge in [-0.25, -0.2) is 4.79 Å². The van der Waals surface area contributed by atoms with Crippen molar-refractivity contribution in [3.05, 3.63) is 59.7 Å². The highest BCUT2D eigenvalue weighted by Gasteiger charge is 2.14. The Kier molecular flexibility index (Phi) is 4.15. The first-order valence-corrected chi connectivity index (χ1v) is 6.71. The number of hydrogen-bond donors (Lipinski definition) is 0. The van der Waals surface area contributed by atoms with Gasteiger partial charge < -0.3 is 4.74 Å². The summed E-state index contributed by atoms with van der Waals surface area (Å²) >= 11 is 3.47. The highest BCUT2D eigenvalue weighted by atomic mass is 79.9. The van der Waals surface area contributed by atoms with Crippen LogP contribution < -0.4 is 0 Å². The fourth-order valence-electron chi connectivity index (χ4n) is 1.91. The summed E-state index contributed by atoms with van der Waals surface area (Å²) in [5, 5.41) is 0.749. The first-order valence-electron chi connectivity index (χ1n) is 5.59. The predicted molar refractivity (Wildman–Crippen MR) is 75.8 cm³/mol.